The Balaban J connectivity index is 1.91. The van der Waals surface area contributed by atoms with Crippen molar-refractivity contribution in [2.75, 3.05) is 26.7 Å². The van der Waals surface area contributed by atoms with Gasteiger partial charge in [-0.15, -0.1) is 0 Å². The van der Waals surface area contributed by atoms with Crippen molar-refractivity contribution in [1.82, 2.24) is 14.8 Å². The van der Waals surface area contributed by atoms with E-state index in [9.17, 15) is 4.79 Å². The molecule has 122 valence electrons. The van der Waals surface area contributed by atoms with Crippen molar-refractivity contribution in [3.8, 4) is 0 Å². The number of nitrogens with zero attached hydrogens (tertiary/aromatic N) is 3. The first-order valence-electron chi connectivity index (χ1n) is 8.53. The van der Waals surface area contributed by atoms with Gasteiger partial charge in [0.05, 0.1) is 6.04 Å². The van der Waals surface area contributed by atoms with Gasteiger partial charge in [-0.3, -0.25) is 9.78 Å². The van der Waals surface area contributed by atoms with Crippen LogP contribution in [0.25, 0.3) is 0 Å². The molecule has 1 saturated heterocycles. The van der Waals surface area contributed by atoms with E-state index in [0.717, 1.165) is 44.5 Å². The second-order valence-electron chi connectivity index (χ2n) is 6.30. The Bertz CT molecular complexity index is 455. The van der Waals surface area contributed by atoms with Crippen LogP contribution >= 0.6 is 0 Å². The molecule has 0 aliphatic carbocycles. The molecule has 1 fully saturated rings. The van der Waals surface area contributed by atoms with E-state index < -0.39 is 0 Å². The standard InChI is InChI=1S/C18H29N3O/c1-4-17(16-7-6-10-19-14-16)20(3)18(22)13-15-8-11-21(5-2)12-9-15/h6-7,10,14-15,17H,4-5,8-9,11-13H2,1-3H3. The van der Waals surface area contributed by atoms with Crippen LogP contribution in [0.2, 0.25) is 0 Å². The minimum absolute atomic E-state index is 0.136. The van der Waals surface area contributed by atoms with Gasteiger partial charge in [0.2, 0.25) is 5.91 Å². The zero-order chi connectivity index (χ0) is 15.9. The monoisotopic (exact) mass is 303 g/mol. The number of piperidine rings is 1. The molecule has 1 unspecified atom stereocenters. The van der Waals surface area contributed by atoms with Crippen LogP contribution in [-0.2, 0) is 4.79 Å². The van der Waals surface area contributed by atoms with Gasteiger partial charge in [-0.05, 0) is 56.4 Å². The van der Waals surface area contributed by atoms with E-state index in [4.69, 9.17) is 0 Å². The molecule has 0 bridgehead atoms. The van der Waals surface area contributed by atoms with E-state index in [2.05, 4.69) is 29.8 Å². The van der Waals surface area contributed by atoms with Gasteiger partial charge < -0.3 is 9.80 Å². The van der Waals surface area contributed by atoms with Gasteiger partial charge in [0.15, 0.2) is 0 Å². The second kappa shape index (κ2) is 8.28. The molecule has 22 heavy (non-hydrogen) atoms. The van der Waals surface area contributed by atoms with Gasteiger partial charge in [0.25, 0.3) is 0 Å². The number of pyridine rings is 1. The first-order chi connectivity index (χ1) is 10.7. The van der Waals surface area contributed by atoms with Crippen LogP contribution in [0.15, 0.2) is 24.5 Å². The fourth-order valence-electron chi connectivity index (χ4n) is 3.38. The van der Waals surface area contributed by atoms with Gasteiger partial charge in [-0.2, -0.15) is 0 Å². The minimum atomic E-state index is 0.136. The van der Waals surface area contributed by atoms with Crippen LogP contribution in [-0.4, -0.2) is 47.4 Å². The van der Waals surface area contributed by atoms with Crippen LogP contribution in [0.1, 0.15) is 51.1 Å². The summed E-state index contributed by atoms with van der Waals surface area (Å²) in [5.74, 6) is 0.815. The van der Waals surface area contributed by atoms with Crippen LogP contribution < -0.4 is 0 Å². The molecule has 2 rings (SSSR count). The molecule has 4 heteroatoms. The highest BCUT2D eigenvalue weighted by molar-refractivity contribution is 5.76. The van der Waals surface area contributed by atoms with E-state index in [1.807, 2.05) is 24.2 Å². The molecule has 0 radical (unpaired) electrons. The molecule has 0 N–H and O–H groups in total. The smallest absolute Gasteiger partial charge is 0.223 e. The van der Waals surface area contributed by atoms with E-state index in [0.29, 0.717) is 12.3 Å². The number of hydrogen-bond donors (Lipinski definition) is 0. The number of amides is 1. The quantitative estimate of drug-likeness (QED) is 0.810. The first-order valence-corrected chi connectivity index (χ1v) is 8.53. The third kappa shape index (κ3) is 4.29. The first kappa shape index (κ1) is 16.9. The fourth-order valence-corrected chi connectivity index (χ4v) is 3.38. The predicted molar refractivity (Wildman–Crippen MR) is 89.5 cm³/mol. The normalized spacial score (nSPS) is 18.1. The van der Waals surface area contributed by atoms with Crippen LogP contribution in [0.3, 0.4) is 0 Å². The highest BCUT2D eigenvalue weighted by Crippen LogP contribution is 2.26. The average Bonchev–Trinajstić information content (AvgIpc) is 2.57. The molecule has 0 saturated carbocycles. The molecule has 4 nitrogen and oxygen atoms in total. The Kier molecular flexibility index (Phi) is 6.37. The lowest BCUT2D eigenvalue weighted by Crippen LogP contribution is -2.37. The Labute approximate surface area is 134 Å². The Morgan fingerprint density at radius 2 is 2.14 bits per heavy atom. The molecule has 0 aromatic carbocycles. The van der Waals surface area contributed by atoms with E-state index in [-0.39, 0.29) is 11.9 Å². The Hall–Kier alpha value is -1.42. The maximum atomic E-state index is 12.6. The second-order valence-corrected chi connectivity index (χ2v) is 6.30. The molecule has 1 atom stereocenters. The van der Waals surface area contributed by atoms with Gasteiger partial charge >= 0.3 is 0 Å². The van der Waals surface area contributed by atoms with Crippen molar-refractivity contribution in [2.45, 2.75) is 45.6 Å². The molecular formula is C18H29N3O. The van der Waals surface area contributed by atoms with Crippen molar-refractivity contribution in [3.05, 3.63) is 30.1 Å². The molecule has 2 heterocycles. The summed E-state index contributed by atoms with van der Waals surface area (Å²) in [6.45, 7) is 7.73. The Morgan fingerprint density at radius 3 is 2.68 bits per heavy atom. The summed E-state index contributed by atoms with van der Waals surface area (Å²) in [5.41, 5.74) is 1.13. The Morgan fingerprint density at radius 1 is 1.41 bits per heavy atom. The maximum Gasteiger partial charge on any atom is 0.223 e. The summed E-state index contributed by atoms with van der Waals surface area (Å²) in [4.78, 5) is 21.2. The fraction of sp³-hybridized carbons (Fsp3) is 0.667. The van der Waals surface area contributed by atoms with Crippen LogP contribution in [0.5, 0.6) is 0 Å². The largest absolute Gasteiger partial charge is 0.339 e. The van der Waals surface area contributed by atoms with E-state index in [1.54, 1.807) is 6.20 Å². The summed E-state index contributed by atoms with van der Waals surface area (Å²) in [6, 6.07) is 4.14. The third-order valence-corrected chi connectivity index (χ3v) is 4.93. The lowest BCUT2D eigenvalue weighted by atomic mass is 9.92. The molecular weight excluding hydrogens is 274 g/mol. The van der Waals surface area contributed by atoms with Crippen LogP contribution in [0, 0.1) is 5.92 Å². The minimum Gasteiger partial charge on any atom is -0.339 e. The number of rotatable bonds is 6. The van der Waals surface area contributed by atoms with Gasteiger partial charge in [0, 0.05) is 25.9 Å². The number of hydrogen-bond acceptors (Lipinski definition) is 3. The SMILES string of the molecule is CCC(c1cccnc1)N(C)C(=O)CC1CCN(CC)CC1. The van der Waals surface area contributed by atoms with Crippen molar-refractivity contribution >= 4 is 5.91 Å². The lowest BCUT2D eigenvalue weighted by molar-refractivity contribution is -0.133. The number of likely N-dealkylation sites (tertiary alicyclic amines) is 1. The number of carbonyl (C=O) groups excluding carboxylic acids is 1. The third-order valence-electron chi connectivity index (χ3n) is 4.93. The van der Waals surface area contributed by atoms with Gasteiger partial charge in [-0.25, -0.2) is 0 Å². The molecule has 1 aliphatic rings. The highest BCUT2D eigenvalue weighted by Gasteiger charge is 2.25. The van der Waals surface area contributed by atoms with Crippen molar-refractivity contribution in [1.29, 1.82) is 0 Å². The summed E-state index contributed by atoms with van der Waals surface area (Å²) in [6.07, 6.45) is 7.55. The van der Waals surface area contributed by atoms with Crippen molar-refractivity contribution in [2.24, 2.45) is 5.92 Å². The average molecular weight is 303 g/mol. The summed E-state index contributed by atoms with van der Waals surface area (Å²) in [7, 11) is 1.94. The van der Waals surface area contributed by atoms with Gasteiger partial charge in [0.1, 0.15) is 0 Å². The molecule has 0 spiro atoms. The zero-order valence-corrected chi connectivity index (χ0v) is 14.2. The summed E-state index contributed by atoms with van der Waals surface area (Å²) in [5, 5.41) is 0. The maximum absolute atomic E-state index is 12.6. The van der Waals surface area contributed by atoms with Gasteiger partial charge in [-0.1, -0.05) is 19.9 Å². The summed E-state index contributed by atoms with van der Waals surface area (Å²) < 4.78 is 0. The van der Waals surface area contributed by atoms with E-state index >= 15 is 0 Å². The molecule has 1 aromatic rings. The molecule has 1 aromatic heterocycles. The van der Waals surface area contributed by atoms with Crippen LogP contribution in [0.4, 0.5) is 0 Å². The molecule has 1 amide bonds. The number of carbonyl (C=O) groups is 1. The van der Waals surface area contributed by atoms with E-state index in [1.165, 1.54) is 0 Å². The lowest BCUT2D eigenvalue weighted by Gasteiger charge is -2.33. The summed E-state index contributed by atoms with van der Waals surface area (Å²) >= 11 is 0. The van der Waals surface area contributed by atoms with Crippen molar-refractivity contribution < 1.29 is 4.79 Å². The predicted octanol–water partition coefficient (Wildman–Crippen LogP) is 3.11. The zero-order valence-electron chi connectivity index (χ0n) is 14.2. The topological polar surface area (TPSA) is 36.4 Å². The highest BCUT2D eigenvalue weighted by atomic mass is 16.2. The van der Waals surface area contributed by atoms with Crippen molar-refractivity contribution in [3.63, 3.8) is 0 Å². The molecule has 1 aliphatic heterocycles. The number of aromatic nitrogens is 1.